The first-order valence-corrected chi connectivity index (χ1v) is 29.8. The molecule has 9 rings (SSSR count). The molecule has 0 radical (unpaired) electrons. The Labute approximate surface area is 473 Å². The van der Waals surface area contributed by atoms with Crippen molar-refractivity contribution in [2.45, 2.75) is 146 Å². The average molecular weight is 1130 g/mol. The van der Waals surface area contributed by atoms with Crippen LogP contribution in [0.3, 0.4) is 0 Å². The summed E-state index contributed by atoms with van der Waals surface area (Å²) in [4.78, 5) is 89.4. The van der Waals surface area contributed by atoms with E-state index in [0.29, 0.717) is 72.8 Å². The molecule has 5 aromatic rings. The van der Waals surface area contributed by atoms with Gasteiger partial charge in [-0.1, -0.05) is 43.5 Å². The van der Waals surface area contributed by atoms with Gasteiger partial charge in [0, 0.05) is 81.3 Å². The van der Waals surface area contributed by atoms with Crippen LogP contribution in [0.5, 0.6) is 5.75 Å². The number of ether oxygens (including phenoxy) is 1. The van der Waals surface area contributed by atoms with Crippen molar-refractivity contribution in [3.63, 3.8) is 0 Å². The number of nitrogens with one attached hydrogen (secondary N) is 5. The minimum Gasteiger partial charge on any atom is -0.492 e. The molecule has 434 valence electrons. The fraction of sp³-hybridized carbons (Fsp3) is 0.534. The molecule has 2 aliphatic heterocycles. The van der Waals surface area contributed by atoms with Crippen LogP contribution < -0.4 is 30.9 Å². The van der Waals surface area contributed by atoms with Crippen LogP contribution in [0.1, 0.15) is 124 Å². The molecule has 1 saturated carbocycles. The van der Waals surface area contributed by atoms with E-state index < -0.39 is 62.6 Å². The van der Waals surface area contributed by atoms with Crippen LogP contribution in [0, 0.1) is 19.8 Å². The molecule has 81 heavy (non-hydrogen) atoms. The standard InChI is InChI=1S/C58H77N13O9S/c1-35-36(2)66-67-51(35)65-52-43-30-48(81(78,79)58(4,5)6)47(31-45(43)60-34-61-52)80-28-14-23-69-24-26-70(27-25-69)49-22-21-40(32-59-49)54(73)62-41-29-46(55(74)63-44-20-13-18-38-15-11-12-19-42(38)44)71(33-41)56(75)50(39-16-9-8-10-17-39)64-53(72)37(3)68(7)57(76)77/h11-12,15,19,21-22,30-32,34,37,39,41,44,46,50H,8-10,13-14,16-18,20,23-29,33H2,1-7H3,(H,62,73)(H,63,74)(H,64,72)(H,76,77)(H2,60,61,65,66,67)/t37?,41-,44+,46-,50-/m0/s1. The van der Waals surface area contributed by atoms with Gasteiger partial charge >= 0.3 is 6.09 Å². The summed E-state index contributed by atoms with van der Waals surface area (Å²) >= 11 is 0. The molecule has 1 unspecified atom stereocenters. The second-order valence-corrected chi connectivity index (χ2v) is 25.7. The van der Waals surface area contributed by atoms with Crippen LogP contribution >= 0.6 is 0 Å². The molecule has 5 amide bonds. The molecule has 22 nitrogen and oxygen atoms in total. The number of likely N-dealkylation sites (N-methyl/N-ethyl adjacent to an activating group) is 1. The highest BCUT2D eigenvalue weighted by Gasteiger charge is 2.46. The molecule has 2 aliphatic carbocycles. The van der Waals surface area contributed by atoms with E-state index >= 15 is 0 Å². The number of anilines is 3. The molecule has 6 N–H and O–H groups in total. The maximum Gasteiger partial charge on any atom is 0.407 e. The maximum atomic E-state index is 14.9. The summed E-state index contributed by atoms with van der Waals surface area (Å²) in [5.41, 5.74) is 4.87. The Balaban J connectivity index is 0.818. The number of carbonyl (C=O) groups excluding carboxylic acids is 4. The number of sulfone groups is 1. The number of rotatable bonds is 18. The molecule has 0 bridgehead atoms. The Bertz CT molecular complexity index is 3230. The second kappa shape index (κ2) is 24.8. The van der Waals surface area contributed by atoms with Gasteiger partial charge in [0.1, 0.15) is 46.7 Å². The van der Waals surface area contributed by atoms with Crippen LogP contribution in [-0.2, 0) is 30.6 Å². The molecular formula is C58H77N13O9S. The van der Waals surface area contributed by atoms with Crippen molar-refractivity contribution in [1.29, 1.82) is 0 Å². The quantitative estimate of drug-likeness (QED) is 0.0531. The van der Waals surface area contributed by atoms with Gasteiger partial charge in [0.05, 0.1) is 28.5 Å². The van der Waals surface area contributed by atoms with Gasteiger partial charge in [-0.25, -0.2) is 28.2 Å². The molecule has 2 aromatic carbocycles. The number of aromatic nitrogens is 5. The van der Waals surface area contributed by atoms with Crippen molar-refractivity contribution in [2.24, 2.45) is 5.92 Å². The summed E-state index contributed by atoms with van der Waals surface area (Å²) in [6.07, 6.45) is 9.11. The zero-order chi connectivity index (χ0) is 57.8. The van der Waals surface area contributed by atoms with Crippen molar-refractivity contribution >= 4 is 67.9 Å². The minimum atomic E-state index is -3.86. The Morgan fingerprint density at radius 3 is 2.36 bits per heavy atom. The first-order valence-electron chi connectivity index (χ1n) is 28.3. The number of amides is 5. The third-order valence-electron chi connectivity index (χ3n) is 16.7. The van der Waals surface area contributed by atoms with E-state index in [-0.39, 0.29) is 48.1 Å². The molecule has 5 heterocycles. The number of piperazine rings is 1. The SMILES string of the molecule is Cc1[nH]nc(Nc2ncnc3cc(OCCCN4CCN(c5ccc(C(=O)N[C@H]6C[C@@H](C(=O)N[C@@H]7CCCc8ccccc87)N(C(=O)[C@@H](NC(=O)C(C)N(C)C(=O)O)C7CCCCC7)C6)cn5)CC4)c(S(=O)(=O)C(C)(C)C)cc23)c1C. The number of aryl methyl sites for hydroxylation is 2. The number of nitrogens with zero attached hydrogens (tertiary/aromatic N) is 8. The fourth-order valence-electron chi connectivity index (χ4n) is 11.4. The predicted octanol–water partition coefficient (Wildman–Crippen LogP) is 6.23. The van der Waals surface area contributed by atoms with E-state index in [1.807, 2.05) is 38.1 Å². The lowest BCUT2D eigenvalue weighted by Gasteiger charge is -2.36. The third-order valence-corrected chi connectivity index (χ3v) is 19.2. The average Bonchev–Trinajstić information content (AvgIpc) is 4.05. The summed E-state index contributed by atoms with van der Waals surface area (Å²) in [5, 5.41) is 29.9. The van der Waals surface area contributed by atoms with Crippen LogP contribution in [0.15, 0.2) is 66.0 Å². The zero-order valence-corrected chi connectivity index (χ0v) is 48.3. The Kier molecular flexibility index (Phi) is 17.8. The number of benzene rings is 2. The Morgan fingerprint density at radius 1 is 0.914 bits per heavy atom. The van der Waals surface area contributed by atoms with E-state index in [9.17, 15) is 37.5 Å². The number of H-pyrrole nitrogens is 1. The van der Waals surface area contributed by atoms with Gasteiger partial charge in [0.25, 0.3) is 5.91 Å². The Morgan fingerprint density at radius 2 is 1.67 bits per heavy atom. The van der Waals surface area contributed by atoms with Crippen molar-refractivity contribution in [3.8, 4) is 5.75 Å². The molecule has 2 saturated heterocycles. The van der Waals surface area contributed by atoms with E-state index in [4.69, 9.17) is 9.72 Å². The molecule has 23 heteroatoms. The number of aromatic amines is 1. The van der Waals surface area contributed by atoms with E-state index in [1.54, 1.807) is 39.0 Å². The minimum absolute atomic E-state index is 0.0283. The van der Waals surface area contributed by atoms with Crippen LogP contribution in [0.25, 0.3) is 10.9 Å². The molecule has 3 aromatic heterocycles. The lowest BCUT2D eigenvalue weighted by Crippen LogP contribution is -2.59. The highest BCUT2D eigenvalue weighted by atomic mass is 32.2. The largest absolute Gasteiger partial charge is 0.492 e. The van der Waals surface area contributed by atoms with Gasteiger partial charge in [-0.05, 0) is 122 Å². The number of hydrogen-bond donors (Lipinski definition) is 6. The normalized spacial score (nSPS) is 19.8. The third kappa shape index (κ3) is 13.0. The highest BCUT2D eigenvalue weighted by molar-refractivity contribution is 7.92. The van der Waals surface area contributed by atoms with Crippen LogP contribution in [0.4, 0.5) is 22.2 Å². The number of likely N-dealkylation sites (tertiary alicyclic amines) is 1. The summed E-state index contributed by atoms with van der Waals surface area (Å²) < 4.78 is 33.2. The van der Waals surface area contributed by atoms with Gasteiger partial charge in [0.2, 0.25) is 17.7 Å². The van der Waals surface area contributed by atoms with Gasteiger partial charge in [-0.3, -0.25) is 34.1 Å². The monoisotopic (exact) mass is 1130 g/mol. The van der Waals surface area contributed by atoms with Gasteiger partial charge in [-0.2, -0.15) is 5.10 Å². The smallest absolute Gasteiger partial charge is 0.407 e. The lowest BCUT2D eigenvalue weighted by molar-refractivity contribution is -0.143. The summed E-state index contributed by atoms with van der Waals surface area (Å²) in [5.74, 6) is -0.0342. The van der Waals surface area contributed by atoms with Crippen molar-refractivity contribution in [1.82, 2.24) is 55.8 Å². The van der Waals surface area contributed by atoms with Gasteiger partial charge in [-0.15, -0.1) is 0 Å². The van der Waals surface area contributed by atoms with Gasteiger partial charge in [0.15, 0.2) is 15.7 Å². The topological polar surface area (TPSA) is 277 Å². The summed E-state index contributed by atoms with van der Waals surface area (Å²) in [6, 6.07) is 11.0. The molecular weight excluding hydrogens is 1050 g/mol. The summed E-state index contributed by atoms with van der Waals surface area (Å²) in [7, 11) is -2.55. The van der Waals surface area contributed by atoms with E-state index in [1.165, 1.54) is 37.0 Å². The fourth-order valence-corrected chi connectivity index (χ4v) is 12.7. The first-order chi connectivity index (χ1) is 38.7. The zero-order valence-electron chi connectivity index (χ0n) is 47.5. The van der Waals surface area contributed by atoms with Crippen molar-refractivity contribution < 1.29 is 42.2 Å². The van der Waals surface area contributed by atoms with Crippen molar-refractivity contribution in [3.05, 3.63) is 89.0 Å². The number of hydrogen-bond acceptors (Lipinski definition) is 15. The second-order valence-electron chi connectivity index (χ2n) is 23.1. The van der Waals surface area contributed by atoms with Crippen LogP contribution in [0.2, 0.25) is 0 Å². The number of carboxylic acid groups (broad SMARTS) is 1. The molecule has 4 aliphatic rings. The van der Waals surface area contributed by atoms with Crippen LogP contribution in [-0.4, -0.2) is 165 Å². The van der Waals surface area contributed by atoms with E-state index in [2.05, 4.69) is 57.3 Å². The van der Waals surface area contributed by atoms with Crippen molar-refractivity contribution in [2.75, 3.05) is 63.1 Å². The van der Waals surface area contributed by atoms with E-state index in [0.717, 1.165) is 73.3 Å². The summed E-state index contributed by atoms with van der Waals surface area (Å²) in [6.45, 7) is 14.2. The predicted molar refractivity (Wildman–Crippen MR) is 306 cm³/mol. The van der Waals surface area contributed by atoms with Gasteiger partial charge < -0.3 is 40.9 Å². The lowest BCUT2D eigenvalue weighted by atomic mass is 9.83. The molecule has 3 fully saturated rings. The molecule has 0 spiro atoms. The maximum absolute atomic E-state index is 14.9. The highest BCUT2D eigenvalue weighted by Crippen LogP contribution is 2.38. The number of carbonyl (C=O) groups is 5. The Hall–Kier alpha value is -7.40. The number of fused-ring (bicyclic) bond motifs is 2. The first kappa shape index (κ1) is 58.3. The molecule has 5 atom stereocenters. The number of pyridine rings is 1.